The lowest BCUT2D eigenvalue weighted by atomic mass is 10.2. The summed E-state index contributed by atoms with van der Waals surface area (Å²) >= 11 is 6.34. The molecule has 0 saturated heterocycles. The molecule has 3 rings (SSSR count). The van der Waals surface area contributed by atoms with E-state index in [-0.39, 0.29) is 0 Å². The highest BCUT2D eigenvalue weighted by Crippen LogP contribution is 2.40. The van der Waals surface area contributed by atoms with Gasteiger partial charge in [0.05, 0.1) is 16.4 Å². The van der Waals surface area contributed by atoms with Crippen LogP contribution in [0.15, 0.2) is 24.3 Å². The van der Waals surface area contributed by atoms with Crippen LogP contribution in [0, 0.1) is 6.92 Å². The third-order valence-corrected chi connectivity index (χ3v) is 4.60. The van der Waals surface area contributed by atoms with Crippen molar-refractivity contribution in [3.8, 4) is 0 Å². The molecule has 0 radical (unpaired) electrons. The van der Waals surface area contributed by atoms with Gasteiger partial charge in [-0.15, -0.1) is 0 Å². The molecule has 1 heterocycles. The first-order chi connectivity index (χ1) is 12.0. The summed E-state index contributed by atoms with van der Waals surface area (Å²) < 4.78 is 0. The number of hydrogen-bond donors (Lipinski definition) is 2. The van der Waals surface area contributed by atoms with E-state index in [0.717, 1.165) is 42.3 Å². The highest BCUT2D eigenvalue weighted by molar-refractivity contribution is 6.33. The van der Waals surface area contributed by atoms with Crippen LogP contribution in [0.2, 0.25) is 5.02 Å². The molecule has 6 heteroatoms. The van der Waals surface area contributed by atoms with Crippen molar-refractivity contribution in [1.82, 2.24) is 14.9 Å². The van der Waals surface area contributed by atoms with Crippen LogP contribution < -0.4 is 10.6 Å². The van der Waals surface area contributed by atoms with Gasteiger partial charge in [0.2, 0.25) is 5.95 Å². The first kappa shape index (κ1) is 18.0. The molecule has 1 aromatic carbocycles. The average Bonchev–Trinajstić information content (AvgIpc) is 3.40. The molecule has 0 unspecified atom stereocenters. The predicted molar refractivity (Wildman–Crippen MR) is 105 cm³/mol. The molecule has 1 saturated carbocycles. The molecule has 5 nitrogen and oxygen atoms in total. The van der Waals surface area contributed by atoms with Crippen molar-refractivity contribution in [2.24, 2.45) is 0 Å². The molecule has 25 heavy (non-hydrogen) atoms. The summed E-state index contributed by atoms with van der Waals surface area (Å²) in [6.07, 6.45) is 3.47. The maximum Gasteiger partial charge on any atom is 0.224 e. The first-order valence-corrected chi connectivity index (χ1v) is 9.20. The van der Waals surface area contributed by atoms with Crippen LogP contribution in [0.25, 0.3) is 0 Å². The Labute approximate surface area is 154 Å². The number of anilines is 3. The molecule has 2 N–H and O–H groups in total. The van der Waals surface area contributed by atoms with Gasteiger partial charge in [0.1, 0.15) is 5.82 Å². The van der Waals surface area contributed by atoms with Gasteiger partial charge >= 0.3 is 0 Å². The number of halogens is 1. The Hall–Kier alpha value is -1.85. The van der Waals surface area contributed by atoms with E-state index in [0.29, 0.717) is 16.9 Å². The standard InChI is InChI=1S/C19H26ClN5/c1-13-6-4-7-15(20)18(13)23-17-12-16(14-8-9-14)22-19(24-17)21-10-5-11-25(2)3/h4,6-7,12,14H,5,8-11H2,1-3H3,(H2,21,22,23,24). The zero-order valence-corrected chi connectivity index (χ0v) is 15.9. The Kier molecular flexibility index (Phi) is 5.76. The van der Waals surface area contributed by atoms with Crippen molar-refractivity contribution >= 4 is 29.1 Å². The lowest BCUT2D eigenvalue weighted by molar-refractivity contribution is 0.405. The topological polar surface area (TPSA) is 53.1 Å². The molecule has 1 aliphatic carbocycles. The van der Waals surface area contributed by atoms with Gasteiger partial charge in [0.15, 0.2) is 0 Å². The lowest BCUT2D eigenvalue weighted by Gasteiger charge is -2.14. The molecule has 0 bridgehead atoms. The maximum atomic E-state index is 6.34. The van der Waals surface area contributed by atoms with Gasteiger partial charge in [0.25, 0.3) is 0 Å². The van der Waals surface area contributed by atoms with E-state index in [4.69, 9.17) is 11.6 Å². The molecule has 1 fully saturated rings. The Morgan fingerprint density at radius 1 is 1.24 bits per heavy atom. The van der Waals surface area contributed by atoms with Gasteiger partial charge in [0, 0.05) is 18.5 Å². The number of aromatic nitrogens is 2. The minimum atomic E-state index is 0.568. The van der Waals surface area contributed by atoms with Gasteiger partial charge < -0.3 is 15.5 Å². The summed E-state index contributed by atoms with van der Waals surface area (Å²) in [6, 6.07) is 7.93. The Morgan fingerprint density at radius 3 is 2.72 bits per heavy atom. The molecule has 0 amide bonds. The normalized spacial score (nSPS) is 14.0. The predicted octanol–water partition coefficient (Wildman–Crippen LogP) is 4.42. The van der Waals surface area contributed by atoms with Crippen LogP contribution in [0.1, 0.15) is 36.4 Å². The fourth-order valence-corrected chi connectivity index (χ4v) is 2.98. The number of para-hydroxylation sites is 1. The second-order valence-electron chi connectivity index (χ2n) is 6.92. The van der Waals surface area contributed by atoms with E-state index in [1.165, 1.54) is 12.8 Å². The quantitative estimate of drug-likeness (QED) is 0.683. The van der Waals surface area contributed by atoms with E-state index in [2.05, 4.69) is 39.6 Å². The van der Waals surface area contributed by atoms with Crippen LogP contribution in [-0.4, -0.2) is 42.1 Å². The summed E-state index contributed by atoms with van der Waals surface area (Å²) in [5, 5.41) is 7.44. The molecule has 0 atom stereocenters. The number of nitrogens with zero attached hydrogens (tertiary/aromatic N) is 3. The maximum absolute atomic E-state index is 6.34. The third kappa shape index (κ3) is 5.06. The zero-order chi connectivity index (χ0) is 17.8. The minimum Gasteiger partial charge on any atom is -0.354 e. The van der Waals surface area contributed by atoms with Crippen LogP contribution in [0.3, 0.4) is 0 Å². The Morgan fingerprint density at radius 2 is 2.04 bits per heavy atom. The molecule has 0 aliphatic heterocycles. The van der Waals surface area contributed by atoms with E-state index < -0.39 is 0 Å². The fraction of sp³-hybridized carbons (Fsp3) is 0.474. The van der Waals surface area contributed by atoms with Crippen LogP contribution in [-0.2, 0) is 0 Å². The highest BCUT2D eigenvalue weighted by Gasteiger charge is 2.26. The van der Waals surface area contributed by atoms with Gasteiger partial charge in [-0.2, -0.15) is 4.98 Å². The molecule has 1 aromatic heterocycles. The fourth-order valence-electron chi connectivity index (χ4n) is 2.71. The molecule has 0 spiro atoms. The Balaban J connectivity index is 1.76. The Bertz CT molecular complexity index is 707. The summed E-state index contributed by atoms with van der Waals surface area (Å²) in [5.41, 5.74) is 3.11. The number of rotatable bonds is 8. The minimum absolute atomic E-state index is 0.568. The third-order valence-electron chi connectivity index (χ3n) is 4.28. The average molecular weight is 360 g/mol. The number of nitrogens with one attached hydrogen (secondary N) is 2. The molecular weight excluding hydrogens is 334 g/mol. The van der Waals surface area contributed by atoms with E-state index in [1.54, 1.807) is 0 Å². The summed E-state index contributed by atoms with van der Waals surface area (Å²) in [6.45, 7) is 3.94. The van der Waals surface area contributed by atoms with Crippen LogP contribution in [0.5, 0.6) is 0 Å². The summed E-state index contributed by atoms with van der Waals surface area (Å²) in [7, 11) is 4.16. The number of aryl methyl sites for hydroxylation is 1. The summed E-state index contributed by atoms with van der Waals surface area (Å²) in [5.74, 6) is 2.05. The van der Waals surface area contributed by atoms with E-state index >= 15 is 0 Å². The molecular formula is C19H26ClN5. The first-order valence-electron chi connectivity index (χ1n) is 8.82. The second kappa shape index (κ2) is 8.02. The van der Waals surface area contributed by atoms with Crippen LogP contribution in [0.4, 0.5) is 17.5 Å². The van der Waals surface area contributed by atoms with E-state index in [1.807, 2.05) is 31.2 Å². The van der Waals surface area contributed by atoms with E-state index in [9.17, 15) is 0 Å². The van der Waals surface area contributed by atoms with Gasteiger partial charge in [-0.1, -0.05) is 23.7 Å². The largest absolute Gasteiger partial charge is 0.354 e. The van der Waals surface area contributed by atoms with Crippen molar-refractivity contribution in [2.75, 3.05) is 37.8 Å². The molecule has 1 aliphatic rings. The van der Waals surface area contributed by atoms with Gasteiger partial charge in [-0.25, -0.2) is 4.98 Å². The molecule has 2 aromatic rings. The molecule has 134 valence electrons. The van der Waals surface area contributed by atoms with Crippen LogP contribution >= 0.6 is 11.6 Å². The van der Waals surface area contributed by atoms with Crippen molar-refractivity contribution < 1.29 is 0 Å². The van der Waals surface area contributed by atoms with Crippen molar-refractivity contribution in [1.29, 1.82) is 0 Å². The van der Waals surface area contributed by atoms with Crippen molar-refractivity contribution in [3.05, 3.63) is 40.5 Å². The smallest absolute Gasteiger partial charge is 0.224 e. The van der Waals surface area contributed by atoms with Crippen molar-refractivity contribution in [2.45, 2.75) is 32.1 Å². The second-order valence-corrected chi connectivity index (χ2v) is 7.32. The monoisotopic (exact) mass is 359 g/mol. The zero-order valence-electron chi connectivity index (χ0n) is 15.1. The highest BCUT2D eigenvalue weighted by atomic mass is 35.5. The number of benzene rings is 1. The van der Waals surface area contributed by atoms with Gasteiger partial charge in [-0.05, 0) is 58.5 Å². The van der Waals surface area contributed by atoms with Crippen molar-refractivity contribution in [3.63, 3.8) is 0 Å². The lowest BCUT2D eigenvalue weighted by Crippen LogP contribution is -2.17. The SMILES string of the molecule is Cc1cccc(Cl)c1Nc1cc(C2CC2)nc(NCCCN(C)C)n1. The van der Waals surface area contributed by atoms with Gasteiger partial charge in [-0.3, -0.25) is 0 Å². The summed E-state index contributed by atoms with van der Waals surface area (Å²) in [4.78, 5) is 11.5. The number of hydrogen-bond acceptors (Lipinski definition) is 5.